The number of alkyl halides is 2. The lowest BCUT2D eigenvalue weighted by molar-refractivity contribution is -0.277. The maximum Gasteiger partial charge on any atom is 0.501 e. The van der Waals surface area contributed by atoms with Crippen molar-refractivity contribution in [2.75, 3.05) is 93.3 Å². The van der Waals surface area contributed by atoms with E-state index < -0.39 is 124 Å². The molecule has 2 fully saturated rings. The molecule has 31 nitrogen and oxygen atoms in total. The van der Waals surface area contributed by atoms with Crippen molar-refractivity contribution in [3.05, 3.63) is 173 Å². The smallest absolute Gasteiger partial charge is 0.461 e. The summed E-state index contributed by atoms with van der Waals surface area (Å²) in [4.78, 5) is 71.7. The molecular formula is C80H89Cl2N5O26S2. The number of halogens is 2. The Labute approximate surface area is 671 Å². The third-order valence-electron chi connectivity index (χ3n) is 20.4. The molecule has 5 heterocycles. The maximum absolute atomic E-state index is 14.5. The molecule has 0 saturated carbocycles. The Bertz CT molecular complexity index is 5020. The van der Waals surface area contributed by atoms with E-state index >= 15 is 0 Å². The van der Waals surface area contributed by atoms with Gasteiger partial charge in [0.25, 0.3) is 0 Å². The first-order valence-corrected chi connectivity index (χ1v) is 41.5. The van der Waals surface area contributed by atoms with E-state index in [1.165, 1.54) is 46.2 Å². The summed E-state index contributed by atoms with van der Waals surface area (Å²) in [6, 6.07) is 32.8. The molecule has 0 spiro atoms. The molecule has 0 bridgehead atoms. The van der Waals surface area contributed by atoms with Crippen LogP contribution in [0.5, 0.6) is 23.0 Å². The number of ether oxygens (including phenoxy) is 7. The molecule has 12 rings (SSSR count). The molecule has 4 aliphatic rings. The van der Waals surface area contributed by atoms with Gasteiger partial charge in [-0.3, -0.25) is 24.0 Å². The van der Waals surface area contributed by atoms with Crippen molar-refractivity contribution in [2.45, 2.75) is 143 Å². The van der Waals surface area contributed by atoms with Gasteiger partial charge >= 0.3 is 10.4 Å². The summed E-state index contributed by atoms with van der Waals surface area (Å²) >= 11 is 13.2. The van der Waals surface area contributed by atoms with Crippen LogP contribution in [0, 0.1) is 6.92 Å². The van der Waals surface area contributed by atoms with Crippen LogP contribution in [0.15, 0.2) is 138 Å². The molecule has 12 atom stereocenters. The number of ketones is 3. The van der Waals surface area contributed by atoms with Gasteiger partial charge in [0, 0.05) is 128 Å². The Morgan fingerprint density at radius 1 is 0.504 bits per heavy atom. The molecule has 616 valence electrons. The molecule has 0 radical (unpaired) electrons. The minimum absolute atomic E-state index is 0.0422. The first-order valence-electron chi connectivity index (χ1n) is 37.5. The monoisotopic (exact) mass is 1670 g/mol. The van der Waals surface area contributed by atoms with Gasteiger partial charge in [-0.15, -0.1) is 36.7 Å². The van der Waals surface area contributed by atoms with E-state index in [9.17, 15) is 81.7 Å². The summed E-state index contributed by atoms with van der Waals surface area (Å²) < 4.78 is 108. The molecular weight excluding hydrogens is 1580 g/mol. The zero-order valence-electron chi connectivity index (χ0n) is 62.4. The molecule has 1 unspecified atom stereocenters. The number of hydrogen-bond acceptors (Lipinski definition) is 28. The fourth-order valence-corrected chi connectivity index (χ4v) is 16.7. The molecule has 8 aromatic rings. The van der Waals surface area contributed by atoms with Crippen LogP contribution in [0.3, 0.4) is 0 Å². The minimum Gasteiger partial charge on any atom is -0.461 e. The number of benzene rings is 7. The summed E-state index contributed by atoms with van der Waals surface area (Å²) in [5.74, 6) is -4.00. The largest absolute Gasteiger partial charge is 0.501 e. The number of carbonyl (C=O) groups is 5. The fourth-order valence-electron chi connectivity index (χ4n) is 14.2. The van der Waals surface area contributed by atoms with Gasteiger partial charge in [0.05, 0.1) is 80.5 Å². The molecule has 2 amide bonds. The summed E-state index contributed by atoms with van der Waals surface area (Å²) in [5.41, 5.74) is 4.23. The Kier molecular flexibility index (Phi) is 28.8. The van der Waals surface area contributed by atoms with E-state index in [1.54, 1.807) is 83.7 Å². The summed E-state index contributed by atoms with van der Waals surface area (Å²) in [6.07, 6.45) is -14.9. The number of aromatic nitrogens is 3. The second-order valence-corrected chi connectivity index (χ2v) is 32.2. The first-order chi connectivity index (χ1) is 55.3. The van der Waals surface area contributed by atoms with Crippen molar-refractivity contribution in [3.63, 3.8) is 0 Å². The van der Waals surface area contributed by atoms with Crippen molar-refractivity contribution >= 4 is 106 Å². The number of anilines is 2. The number of aliphatic hydroxyl groups is 8. The highest BCUT2D eigenvalue weighted by molar-refractivity contribution is 7.91. The van der Waals surface area contributed by atoms with Crippen LogP contribution < -0.4 is 27.6 Å². The Morgan fingerprint density at radius 2 is 0.983 bits per heavy atom. The lowest BCUT2D eigenvalue weighted by Crippen LogP contribution is -2.60. The lowest BCUT2D eigenvalue weighted by atomic mass is 9.95. The van der Waals surface area contributed by atoms with Gasteiger partial charge < -0.3 is 92.2 Å². The molecule has 2 saturated heterocycles. The van der Waals surface area contributed by atoms with Crippen LogP contribution in [-0.4, -0.2) is 247 Å². The van der Waals surface area contributed by atoms with Crippen molar-refractivity contribution in [3.8, 4) is 23.0 Å². The predicted octanol–water partition coefficient (Wildman–Crippen LogP) is 5.74. The number of aryl methyl sites for hydroxylation is 2. The Hall–Kier alpha value is -8.69. The minimum atomic E-state index is -5.30. The quantitative estimate of drug-likeness (QED) is 0.0129. The number of aliphatic hydroxyl groups excluding tert-OH is 8. The highest BCUT2D eigenvalue weighted by atomic mass is 35.5. The lowest BCUT2D eigenvalue weighted by Gasteiger charge is -2.39. The average Bonchev–Trinajstić information content (AvgIpc) is 1.62. The standard InChI is InChI=1S/C80H89Cl2N5O26S2/c1-46-15-23-53(24-16-46)114(101,102)35-27-62(92)48-19-17-47(18-20-48)61(91)25-22-52-43-85(84-83-52)28-30-106-32-34-107-33-31-105-29-7-12-60(90)49-21-26-63(108-79-77(99)75(97)73(95)67(44-88)110-79)66(36-49)113-115(103,104)112-65-38-59-72(57-11-5-3-9-55(57)65)51(40-82)42-87(59)70(94)14-6-13-69(93)86-41-50(39-81)71-56-10-4-2-8-54(56)64(37-58(71)86)109-80-78(100)76(98)74(96)68(45-89)111-80/h2-5,8-11,15-21,23-24,26,36-38,43,50-51,67-68,73-80,88-89,95-100H,6-7,12-14,22,25,27-35,39-42,44-45H2,1H3/t50-,51-,67-,68-,73+,74+,75+,76+,77-,78-,79-,80?/m1/s1. The third-order valence-corrected chi connectivity index (χ3v) is 23.7. The fraction of sp³-hybridized carbons (Fsp3) is 0.438. The third kappa shape index (κ3) is 20.3. The number of fused-ring (bicyclic) bond motifs is 6. The zero-order valence-corrected chi connectivity index (χ0v) is 65.6. The van der Waals surface area contributed by atoms with Gasteiger partial charge in [0.15, 0.2) is 44.4 Å². The second kappa shape index (κ2) is 38.6. The molecule has 4 aliphatic heterocycles. The molecule has 0 aliphatic carbocycles. The maximum atomic E-state index is 14.5. The van der Waals surface area contributed by atoms with E-state index in [2.05, 4.69) is 10.3 Å². The van der Waals surface area contributed by atoms with Crippen molar-refractivity contribution < 1.29 is 123 Å². The van der Waals surface area contributed by atoms with E-state index in [-0.39, 0.29) is 172 Å². The molecule has 35 heteroatoms. The van der Waals surface area contributed by atoms with E-state index in [0.29, 0.717) is 57.2 Å². The van der Waals surface area contributed by atoms with Gasteiger partial charge in [-0.2, -0.15) is 0 Å². The van der Waals surface area contributed by atoms with Gasteiger partial charge in [-0.25, -0.2) is 13.1 Å². The number of Topliss-reactive ketones (excluding diaryl/α,β-unsaturated/α-hetero) is 3. The van der Waals surface area contributed by atoms with Crippen LogP contribution in [0.1, 0.15) is 110 Å². The van der Waals surface area contributed by atoms with Crippen LogP contribution in [0.25, 0.3) is 21.5 Å². The van der Waals surface area contributed by atoms with E-state index in [4.69, 9.17) is 64.7 Å². The SMILES string of the molecule is Cc1ccc(S(=O)(=O)CCC(=O)c2ccc(C(=O)CCc3cn(CCOCCOCCOCCCC(=O)c4ccc(O[C@@H]5O[C@H](CO)[C@H](O)[C@H](O)[C@H]5O)c(OS(=O)(=O)Oc5cc6c(c7ccccc57)[C@H](CCl)CN6C(=O)CCCC(=O)N5C[C@@H](CCl)c6c5cc(OC5O[C@H](CO)[C@H](O)[C@H](O)[C@H]5O)c5ccccc65)c4)nn3)cc2)cc1. The number of carbonyl (C=O) groups excluding carboxylic acids is 5. The normalized spacial score (nSPS) is 22.1. The van der Waals surface area contributed by atoms with Crippen molar-refractivity contribution in [1.29, 1.82) is 0 Å². The van der Waals surface area contributed by atoms with Crippen LogP contribution in [0.2, 0.25) is 0 Å². The number of hydrogen-bond donors (Lipinski definition) is 8. The van der Waals surface area contributed by atoms with E-state index in [0.717, 1.165) is 23.3 Å². The van der Waals surface area contributed by atoms with E-state index in [1.807, 2.05) is 13.0 Å². The predicted molar refractivity (Wildman–Crippen MR) is 416 cm³/mol. The van der Waals surface area contributed by atoms with Crippen LogP contribution >= 0.6 is 23.2 Å². The zero-order chi connectivity index (χ0) is 81.8. The number of sulfone groups is 1. The van der Waals surface area contributed by atoms with Gasteiger partial charge in [0.1, 0.15) is 54.6 Å². The summed E-state index contributed by atoms with van der Waals surface area (Å²) in [6.45, 7) is 2.23. The highest BCUT2D eigenvalue weighted by Gasteiger charge is 2.47. The number of amides is 2. The second-order valence-electron chi connectivity index (χ2n) is 28.3. The molecule has 8 N–H and O–H groups in total. The average molecular weight is 1670 g/mol. The molecule has 7 aromatic carbocycles. The summed E-state index contributed by atoms with van der Waals surface area (Å²) in [7, 11) is -8.94. The van der Waals surface area contributed by atoms with Gasteiger partial charge in [0.2, 0.25) is 24.4 Å². The van der Waals surface area contributed by atoms with Crippen molar-refractivity contribution in [1.82, 2.24) is 15.0 Å². The van der Waals surface area contributed by atoms with Gasteiger partial charge in [-0.1, -0.05) is 95.7 Å². The number of nitrogens with zero attached hydrogens (tertiary/aromatic N) is 5. The highest BCUT2D eigenvalue weighted by Crippen LogP contribution is 2.49. The van der Waals surface area contributed by atoms with Crippen LogP contribution in [0.4, 0.5) is 11.4 Å². The van der Waals surface area contributed by atoms with Gasteiger partial charge in [-0.05, 0) is 72.0 Å². The Balaban J connectivity index is 0.620. The Morgan fingerprint density at radius 3 is 1.53 bits per heavy atom. The molecule has 1 aromatic heterocycles. The first kappa shape index (κ1) is 85.7. The van der Waals surface area contributed by atoms with Crippen molar-refractivity contribution in [2.24, 2.45) is 0 Å². The van der Waals surface area contributed by atoms with Crippen LogP contribution in [-0.2, 0) is 66.5 Å². The summed E-state index contributed by atoms with van der Waals surface area (Å²) in [5, 5.41) is 94.0. The number of rotatable bonds is 39. The topological polar surface area (TPSA) is 436 Å². The molecule has 115 heavy (non-hydrogen) atoms.